The SMILES string of the molecule is O=C(CCC(=O)c1ccc(Br)c2ccccc12)c1ccc(Br)c2ccccc12. The molecule has 0 saturated heterocycles. The van der Waals surface area contributed by atoms with E-state index in [1.54, 1.807) is 0 Å². The number of hydrogen-bond donors (Lipinski definition) is 0. The highest BCUT2D eigenvalue weighted by Gasteiger charge is 2.16. The fourth-order valence-corrected chi connectivity index (χ4v) is 4.46. The Morgan fingerprint density at radius 1 is 0.536 bits per heavy atom. The molecule has 4 aromatic rings. The summed E-state index contributed by atoms with van der Waals surface area (Å²) in [6, 6.07) is 23.0. The first-order chi connectivity index (χ1) is 13.6. The van der Waals surface area contributed by atoms with Crippen LogP contribution in [0.25, 0.3) is 21.5 Å². The van der Waals surface area contributed by atoms with Gasteiger partial charge in [0.15, 0.2) is 11.6 Å². The van der Waals surface area contributed by atoms with Crippen molar-refractivity contribution in [3.63, 3.8) is 0 Å². The number of benzene rings is 4. The van der Waals surface area contributed by atoms with E-state index in [4.69, 9.17) is 0 Å². The second-order valence-corrected chi connectivity index (χ2v) is 8.34. The van der Waals surface area contributed by atoms with E-state index < -0.39 is 0 Å². The van der Waals surface area contributed by atoms with Gasteiger partial charge in [0.25, 0.3) is 0 Å². The number of fused-ring (bicyclic) bond motifs is 2. The molecule has 138 valence electrons. The van der Waals surface area contributed by atoms with Crippen molar-refractivity contribution in [1.29, 1.82) is 0 Å². The van der Waals surface area contributed by atoms with Crippen molar-refractivity contribution < 1.29 is 9.59 Å². The van der Waals surface area contributed by atoms with Gasteiger partial charge in [0.2, 0.25) is 0 Å². The zero-order valence-corrected chi connectivity index (χ0v) is 18.1. The Morgan fingerprint density at radius 2 is 0.893 bits per heavy atom. The lowest BCUT2D eigenvalue weighted by Crippen LogP contribution is -2.06. The molecule has 4 rings (SSSR count). The van der Waals surface area contributed by atoms with Crippen molar-refractivity contribution in [3.05, 3.63) is 92.9 Å². The summed E-state index contributed by atoms with van der Waals surface area (Å²) in [6.07, 6.45) is 0.379. The van der Waals surface area contributed by atoms with E-state index in [0.717, 1.165) is 30.5 Å². The van der Waals surface area contributed by atoms with Crippen LogP contribution in [-0.2, 0) is 0 Å². The van der Waals surface area contributed by atoms with E-state index in [-0.39, 0.29) is 24.4 Å². The lowest BCUT2D eigenvalue weighted by Gasteiger charge is -2.09. The van der Waals surface area contributed by atoms with Crippen LogP contribution in [0.4, 0.5) is 0 Å². The minimum Gasteiger partial charge on any atom is -0.294 e. The summed E-state index contributed by atoms with van der Waals surface area (Å²) in [4.78, 5) is 25.7. The van der Waals surface area contributed by atoms with Gasteiger partial charge in [0, 0.05) is 32.9 Å². The van der Waals surface area contributed by atoms with Crippen LogP contribution in [0.5, 0.6) is 0 Å². The summed E-state index contributed by atoms with van der Waals surface area (Å²) in [5.41, 5.74) is 1.32. The van der Waals surface area contributed by atoms with Crippen LogP contribution in [0, 0.1) is 0 Å². The summed E-state index contributed by atoms with van der Waals surface area (Å²) in [6.45, 7) is 0. The van der Waals surface area contributed by atoms with E-state index in [1.165, 1.54) is 0 Å². The number of halogens is 2. The molecule has 4 heteroatoms. The minimum atomic E-state index is -0.0153. The average molecular weight is 496 g/mol. The van der Waals surface area contributed by atoms with Gasteiger partial charge in [-0.2, -0.15) is 0 Å². The monoisotopic (exact) mass is 494 g/mol. The normalized spacial score (nSPS) is 11.1. The van der Waals surface area contributed by atoms with Crippen LogP contribution in [-0.4, -0.2) is 11.6 Å². The van der Waals surface area contributed by atoms with Gasteiger partial charge in [-0.1, -0.05) is 80.4 Å². The molecule has 28 heavy (non-hydrogen) atoms. The van der Waals surface area contributed by atoms with E-state index in [9.17, 15) is 9.59 Å². The summed E-state index contributed by atoms with van der Waals surface area (Å²) < 4.78 is 1.91. The molecule has 0 amide bonds. The summed E-state index contributed by atoms with van der Waals surface area (Å²) in [5.74, 6) is -0.0306. The number of carbonyl (C=O) groups excluding carboxylic acids is 2. The largest absolute Gasteiger partial charge is 0.294 e. The molecule has 0 heterocycles. The quantitative estimate of drug-likeness (QED) is 0.271. The number of carbonyl (C=O) groups is 2. The topological polar surface area (TPSA) is 34.1 Å². The predicted octanol–water partition coefficient (Wildman–Crippen LogP) is 7.36. The van der Waals surface area contributed by atoms with E-state index in [2.05, 4.69) is 31.9 Å². The first-order valence-corrected chi connectivity index (χ1v) is 10.6. The smallest absolute Gasteiger partial charge is 0.163 e. The first kappa shape index (κ1) is 19.0. The number of hydrogen-bond acceptors (Lipinski definition) is 2. The van der Waals surface area contributed by atoms with Gasteiger partial charge < -0.3 is 0 Å². The van der Waals surface area contributed by atoms with Crippen molar-refractivity contribution in [2.24, 2.45) is 0 Å². The highest BCUT2D eigenvalue weighted by molar-refractivity contribution is 9.11. The molecule has 0 bridgehead atoms. The summed E-state index contributed by atoms with van der Waals surface area (Å²) >= 11 is 7.06. The number of rotatable bonds is 5. The predicted molar refractivity (Wildman–Crippen MR) is 121 cm³/mol. The molecule has 0 saturated carbocycles. The van der Waals surface area contributed by atoms with E-state index in [0.29, 0.717) is 11.1 Å². The maximum absolute atomic E-state index is 12.8. The molecule has 0 spiro atoms. The molecule has 0 unspecified atom stereocenters. The molecule has 0 aliphatic rings. The van der Waals surface area contributed by atoms with Gasteiger partial charge in [0.1, 0.15) is 0 Å². The van der Waals surface area contributed by atoms with Crippen molar-refractivity contribution in [2.75, 3.05) is 0 Å². The standard InChI is InChI=1S/C24H16Br2O2/c25-21-11-9-19(15-5-1-3-7-17(15)21)23(27)13-14-24(28)20-10-12-22(26)18-8-4-2-6-16(18)20/h1-12H,13-14H2. The number of Topliss-reactive ketones (excluding diaryl/α,β-unsaturated/α-hetero) is 2. The first-order valence-electron chi connectivity index (χ1n) is 8.97. The fraction of sp³-hybridized carbons (Fsp3) is 0.0833. The molecular formula is C24H16Br2O2. The Hall–Kier alpha value is -2.30. The van der Waals surface area contributed by atoms with Gasteiger partial charge in [0.05, 0.1) is 0 Å². The fourth-order valence-electron chi connectivity index (χ4n) is 3.51. The second-order valence-electron chi connectivity index (χ2n) is 6.63. The van der Waals surface area contributed by atoms with Gasteiger partial charge in [-0.25, -0.2) is 0 Å². The third kappa shape index (κ3) is 3.54. The molecule has 0 aromatic heterocycles. The van der Waals surface area contributed by atoms with Crippen LogP contribution < -0.4 is 0 Å². The van der Waals surface area contributed by atoms with Gasteiger partial charge in [-0.3, -0.25) is 9.59 Å². The zero-order valence-electron chi connectivity index (χ0n) is 14.9. The number of ketones is 2. The van der Waals surface area contributed by atoms with Crippen molar-refractivity contribution in [1.82, 2.24) is 0 Å². The molecular weight excluding hydrogens is 480 g/mol. The molecule has 0 N–H and O–H groups in total. The molecule has 2 nitrogen and oxygen atoms in total. The zero-order chi connectivity index (χ0) is 19.7. The third-order valence-electron chi connectivity index (χ3n) is 4.92. The van der Waals surface area contributed by atoms with Crippen LogP contribution in [0.3, 0.4) is 0 Å². The molecule has 4 aromatic carbocycles. The second kappa shape index (κ2) is 7.98. The maximum atomic E-state index is 12.8. The van der Waals surface area contributed by atoms with Crippen LogP contribution in [0.1, 0.15) is 33.6 Å². The van der Waals surface area contributed by atoms with Gasteiger partial charge in [-0.05, 0) is 45.8 Å². The highest BCUT2D eigenvalue weighted by atomic mass is 79.9. The lowest BCUT2D eigenvalue weighted by atomic mass is 9.95. The van der Waals surface area contributed by atoms with Crippen LogP contribution in [0.2, 0.25) is 0 Å². The Morgan fingerprint density at radius 3 is 1.29 bits per heavy atom. The molecule has 0 aliphatic carbocycles. The maximum Gasteiger partial charge on any atom is 0.163 e. The van der Waals surface area contributed by atoms with E-state index in [1.807, 2.05) is 72.8 Å². The molecule has 0 radical (unpaired) electrons. The Kier molecular flexibility index (Phi) is 5.42. The van der Waals surface area contributed by atoms with Crippen molar-refractivity contribution >= 4 is 65.0 Å². The third-order valence-corrected chi connectivity index (χ3v) is 6.30. The molecule has 0 fully saturated rings. The summed E-state index contributed by atoms with van der Waals surface area (Å²) in [5, 5.41) is 3.81. The molecule has 0 aliphatic heterocycles. The van der Waals surface area contributed by atoms with E-state index >= 15 is 0 Å². The van der Waals surface area contributed by atoms with Gasteiger partial charge >= 0.3 is 0 Å². The van der Waals surface area contributed by atoms with Crippen LogP contribution >= 0.6 is 31.9 Å². The van der Waals surface area contributed by atoms with Crippen molar-refractivity contribution in [3.8, 4) is 0 Å². The van der Waals surface area contributed by atoms with Gasteiger partial charge in [-0.15, -0.1) is 0 Å². The van der Waals surface area contributed by atoms with Crippen molar-refractivity contribution in [2.45, 2.75) is 12.8 Å². The Labute approximate surface area is 179 Å². The minimum absolute atomic E-state index is 0.0153. The Bertz CT molecular complexity index is 1130. The highest BCUT2D eigenvalue weighted by Crippen LogP contribution is 2.29. The van der Waals surface area contributed by atoms with Crippen LogP contribution in [0.15, 0.2) is 81.7 Å². The Balaban J connectivity index is 1.59. The lowest BCUT2D eigenvalue weighted by molar-refractivity contribution is 0.0919. The average Bonchev–Trinajstić information content (AvgIpc) is 2.73. The summed E-state index contributed by atoms with van der Waals surface area (Å²) in [7, 11) is 0. The molecule has 0 atom stereocenters.